The van der Waals surface area contributed by atoms with E-state index in [1.165, 1.54) is 10.6 Å². The molecule has 0 aliphatic carbocycles. The van der Waals surface area contributed by atoms with Gasteiger partial charge in [0.25, 0.3) is 0 Å². The van der Waals surface area contributed by atoms with Crippen LogP contribution in [-0.2, 0) is 4.74 Å². The number of thiocarbonyl (C=S) groups is 1. The standard InChI is InChI=1S/C13H18N2OS2/c1-16-9-7-14-13(17)15-8-4-10-18-12-6-3-2-5-11(12)15/h2-3,5-6H,4,7-10H2,1H3,(H,14,17). The maximum atomic E-state index is 5.47. The first-order chi connectivity index (χ1) is 8.83. The van der Waals surface area contributed by atoms with E-state index in [0.29, 0.717) is 6.61 Å². The summed E-state index contributed by atoms with van der Waals surface area (Å²) < 4.78 is 5.03. The van der Waals surface area contributed by atoms with Gasteiger partial charge in [-0.1, -0.05) is 12.1 Å². The van der Waals surface area contributed by atoms with Gasteiger partial charge in [-0.3, -0.25) is 0 Å². The second-order valence-electron chi connectivity index (χ2n) is 4.05. The topological polar surface area (TPSA) is 24.5 Å². The van der Waals surface area contributed by atoms with Crippen molar-refractivity contribution in [3.05, 3.63) is 24.3 Å². The summed E-state index contributed by atoms with van der Waals surface area (Å²) in [6.45, 7) is 2.40. The van der Waals surface area contributed by atoms with E-state index in [1.807, 2.05) is 11.8 Å². The minimum absolute atomic E-state index is 0.671. The molecule has 0 spiro atoms. The molecule has 0 bridgehead atoms. The summed E-state index contributed by atoms with van der Waals surface area (Å²) in [5, 5.41) is 4.04. The van der Waals surface area contributed by atoms with E-state index in [9.17, 15) is 0 Å². The Labute approximate surface area is 118 Å². The number of fused-ring (bicyclic) bond motifs is 1. The third-order valence-electron chi connectivity index (χ3n) is 2.77. The van der Waals surface area contributed by atoms with E-state index >= 15 is 0 Å². The number of para-hydroxylation sites is 1. The van der Waals surface area contributed by atoms with Gasteiger partial charge in [0.2, 0.25) is 0 Å². The van der Waals surface area contributed by atoms with Crippen LogP contribution in [-0.4, -0.2) is 37.7 Å². The lowest BCUT2D eigenvalue weighted by Gasteiger charge is -2.25. The van der Waals surface area contributed by atoms with Crippen molar-refractivity contribution in [2.24, 2.45) is 0 Å². The number of nitrogens with one attached hydrogen (secondary N) is 1. The summed E-state index contributed by atoms with van der Waals surface area (Å²) in [7, 11) is 1.70. The third-order valence-corrected chi connectivity index (χ3v) is 4.28. The van der Waals surface area contributed by atoms with Crippen molar-refractivity contribution in [2.45, 2.75) is 11.3 Å². The van der Waals surface area contributed by atoms with E-state index in [-0.39, 0.29) is 0 Å². The minimum atomic E-state index is 0.671. The normalized spacial score (nSPS) is 14.8. The van der Waals surface area contributed by atoms with Crippen LogP contribution in [0, 0.1) is 0 Å². The Kier molecular flexibility index (Phi) is 5.28. The fourth-order valence-electron chi connectivity index (χ4n) is 1.89. The Morgan fingerprint density at radius 3 is 3.17 bits per heavy atom. The zero-order valence-electron chi connectivity index (χ0n) is 10.5. The monoisotopic (exact) mass is 282 g/mol. The van der Waals surface area contributed by atoms with Crippen LogP contribution in [0.1, 0.15) is 6.42 Å². The number of benzene rings is 1. The average Bonchev–Trinajstić information content (AvgIpc) is 2.61. The number of nitrogens with zero attached hydrogens (tertiary/aromatic N) is 1. The molecule has 1 aromatic rings. The number of hydrogen-bond donors (Lipinski definition) is 1. The Balaban J connectivity index is 2.09. The highest BCUT2D eigenvalue weighted by atomic mass is 32.2. The smallest absolute Gasteiger partial charge is 0.173 e. The molecule has 5 heteroatoms. The molecule has 0 amide bonds. The number of methoxy groups -OCH3 is 1. The van der Waals surface area contributed by atoms with Crippen LogP contribution in [0.2, 0.25) is 0 Å². The zero-order chi connectivity index (χ0) is 12.8. The molecule has 0 radical (unpaired) electrons. The molecule has 18 heavy (non-hydrogen) atoms. The van der Waals surface area contributed by atoms with Crippen LogP contribution < -0.4 is 10.2 Å². The van der Waals surface area contributed by atoms with Gasteiger partial charge in [0.1, 0.15) is 0 Å². The molecule has 0 unspecified atom stereocenters. The van der Waals surface area contributed by atoms with Crippen molar-refractivity contribution in [3.63, 3.8) is 0 Å². The van der Waals surface area contributed by atoms with Crippen LogP contribution in [0.3, 0.4) is 0 Å². The predicted octanol–water partition coefficient (Wildman–Crippen LogP) is 2.51. The van der Waals surface area contributed by atoms with Crippen LogP contribution in [0.15, 0.2) is 29.2 Å². The van der Waals surface area contributed by atoms with Crippen molar-refractivity contribution < 1.29 is 4.74 Å². The molecule has 0 aromatic heterocycles. The maximum absolute atomic E-state index is 5.47. The number of thioether (sulfide) groups is 1. The molecular weight excluding hydrogens is 264 g/mol. The lowest BCUT2D eigenvalue weighted by atomic mass is 10.3. The Bertz CT molecular complexity index is 412. The molecule has 2 rings (SSSR count). The van der Waals surface area contributed by atoms with E-state index < -0.39 is 0 Å². The number of hydrogen-bond acceptors (Lipinski definition) is 3. The van der Waals surface area contributed by atoms with Crippen LogP contribution in [0.5, 0.6) is 0 Å². The first kappa shape index (κ1) is 13.6. The van der Waals surface area contributed by atoms with Crippen molar-refractivity contribution in [3.8, 4) is 0 Å². The first-order valence-corrected chi connectivity index (χ1v) is 7.48. The van der Waals surface area contributed by atoms with Crippen molar-refractivity contribution >= 4 is 34.8 Å². The zero-order valence-corrected chi connectivity index (χ0v) is 12.1. The van der Waals surface area contributed by atoms with Crippen LogP contribution >= 0.6 is 24.0 Å². The van der Waals surface area contributed by atoms with Crippen molar-refractivity contribution in [1.29, 1.82) is 0 Å². The molecule has 1 aromatic carbocycles. The molecule has 0 fully saturated rings. The van der Waals surface area contributed by atoms with E-state index in [1.54, 1.807) is 7.11 Å². The van der Waals surface area contributed by atoms with E-state index in [0.717, 1.165) is 30.4 Å². The van der Waals surface area contributed by atoms with Gasteiger partial charge in [-0.05, 0) is 36.5 Å². The molecule has 3 nitrogen and oxygen atoms in total. The Hall–Kier alpha value is -0.780. The van der Waals surface area contributed by atoms with Crippen molar-refractivity contribution in [1.82, 2.24) is 5.32 Å². The molecule has 0 saturated carbocycles. The van der Waals surface area contributed by atoms with Gasteiger partial charge < -0.3 is 15.0 Å². The summed E-state index contributed by atoms with van der Waals surface area (Å²) in [6.07, 6.45) is 1.14. The summed E-state index contributed by atoms with van der Waals surface area (Å²) >= 11 is 7.38. The van der Waals surface area contributed by atoms with Gasteiger partial charge in [0, 0.05) is 25.1 Å². The molecule has 1 heterocycles. The first-order valence-electron chi connectivity index (χ1n) is 6.09. The highest BCUT2D eigenvalue weighted by Crippen LogP contribution is 2.33. The minimum Gasteiger partial charge on any atom is -0.383 e. The van der Waals surface area contributed by atoms with Gasteiger partial charge >= 0.3 is 0 Å². The van der Waals surface area contributed by atoms with Gasteiger partial charge in [-0.2, -0.15) is 0 Å². The highest BCUT2D eigenvalue weighted by Gasteiger charge is 2.18. The molecule has 0 saturated heterocycles. The van der Waals surface area contributed by atoms with Gasteiger partial charge in [-0.15, -0.1) is 11.8 Å². The van der Waals surface area contributed by atoms with E-state index in [2.05, 4.69) is 34.5 Å². The highest BCUT2D eigenvalue weighted by molar-refractivity contribution is 7.99. The molecule has 98 valence electrons. The molecule has 1 N–H and O–H groups in total. The van der Waals surface area contributed by atoms with Crippen molar-refractivity contribution in [2.75, 3.05) is 37.5 Å². The van der Waals surface area contributed by atoms with Gasteiger partial charge in [0.15, 0.2) is 5.11 Å². The van der Waals surface area contributed by atoms with Crippen LogP contribution in [0.25, 0.3) is 0 Å². The SMILES string of the molecule is COCCNC(=S)N1CCCSc2ccccc21. The van der Waals surface area contributed by atoms with E-state index in [4.69, 9.17) is 17.0 Å². The lowest BCUT2D eigenvalue weighted by molar-refractivity contribution is 0.204. The maximum Gasteiger partial charge on any atom is 0.173 e. The fraction of sp³-hybridized carbons (Fsp3) is 0.462. The number of ether oxygens (including phenoxy) is 1. The largest absolute Gasteiger partial charge is 0.383 e. The summed E-state index contributed by atoms with van der Waals surface area (Å²) in [6, 6.07) is 8.44. The summed E-state index contributed by atoms with van der Waals surface area (Å²) in [5.74, 6) is 1.15. The summed E-state index contributed by atoms with van der Waals surface area (Å²) in [5.41, 5.74) is 1.22. The quantitative estimate of drug-likeness (QED) is 0.678. The molecular formula is C13H18N2OS2. The Morgan fingerprint density at radius 2 is 2.33 bits per heavy atom. The second-order valence-corrected chi connectivity index (χ2v) is 5.57. The summed E-state index contributed by atoms with van der Waals surface area (Å²) in [4.78, 5) is 3.51. The Morgan fingerprint density at radius 1 is 1.50 bits per heavy atom. The predicted molar refractivity (Wildman–Crippen MR) is 81.6 cm³/mol. The third kappa shape index (κ3) is 3.37. The second kappa shape index (κ2) is 6.97. The fourth-order valence-corrected chi connectivity index (χ4v) is 3.18. The molecule has 1 aliphatic heterocycles. The molecule has 1 aliphatic rings. The molecule has 0 atom stereocenters. The number of anilines is 1. The lowest BCUT2D eigenvalue weighted by Crippen LogP contribution is -2.41. The average molecular weight is 282 g/mol. The van der Waals surface area contributed by atoms with Gasteiger partial charge in [-0.25, -0.2) is 0 Å². The number of rotatable bonds is 3. The van der Waals surface area contributed by atoms with Crippen LogP contribution in [0.4, 0.5) is 5.69 Å². The van der Waals surface area contributed by atoms with Gasteiger partial charge in [0.05, 0.1) is 12.3 Å².